The van der Waals surface area contributed by atoms with Crippen molar-refractivity contribution in [1.29, 1.82) is 0 Å². The average Bonchev–Trinajstić information content (AvgIpc) is 3.24. The van der Waals surface area contributed by atoms with Crippen LogP contribution >= 0.6 is 11.6 Å². The summed E-state index contributed by atoms with van der Waals surface area (Å²) >= 11 is 6.04. The summed E-state index contributed by atoms with van der Waals surface area (Å²) < 4.78 is 19.0. The largest absolute Gasteiger partial charge is 0.467 e. The minimum Gasteiger partial charge on any atom is -0.467 e. The molecule has 1 aromatic carbocycles. The number of hydrogen-bond acceptors (Lipinski definition) is 7. The van der Waals surface area contributed by atoms with E-state index in [1.54, 1.807) is 29.0 Å². The lowest BCUT2D eigenvalue weighted by atomic mass is 9.97. The number of aliphatic hydroxyl groups is 2. The van der Waals surface area contributed by atoms with E-state index in [1.165, 1.54) is 6.33 Å². The Morgan fingerprint density at radius 2 is 2.04 bits per heavy atom. The average molecular weight is 404 g/mol. The van der Waals surface area contributed by atoms with Crippen molar-refractivity contribution in [3.63, 3.8) is 0 Å². The Morgan fingerprint density at radius 3 is 2.89 bits per heavy atom. The summed E-state index contributed by atoms with van der Waals surface area (Å²) in [6.45, 7) is 1.89. The third kappa shape index (κ3) is 2.68. The van der Waals surface area contributed by atoms with Crippen molar-refractivity contribution in [3.05, 3.63) is 53.1 Å². The van der Waals surface area contributed by atoms with Crippen molar-refractivity contribution < 1.29 is 24.4 Å². The van der Waals surface area contributed by atoms with Crippen molar-refractivity contribution in [3.8, 4) is 5.75 Å². The zero-order valence-corrected chi connectivity index (χ0v) is 15.7. The predicted octanol–water partition coefficient (Wildman–Crippen LogP) is 2.12. The van der Waals surface area contributed by atoms with Gasteiger partial charge in [0.1, 0.15) is 42.1 Å². The molecular formula is C19H18ClN3O5. The molecule has 9 heteroatoms. The van der Waals surface area contributed by atoms with E-state index in [-0.39, 0.29) is 6.79 Å². The second-order valence-corrected chi connectivity index (χ2v) is 7.36. The van der Waals surface area contributed by atoms with Crippen LogP contribution in [-0.2, 0) is 9.47 Å². The maximum absolute atomic E-state index is 10.7. The van der Waals surface area contributed by atoms with E-state index in [1.807, 2.05) is 13.0 Å². The van der Waals surface area contributed by atoms with Gasteiger partial charge in [-0.25, -0.2) is 9.97 Å². The first-order valence-electron chi connectivity index (χ1n) is 8.88. The van der Waals surface area contributed by atoms with Crippen molar-refractivity contribution >= 4 is 22.6 Å². The molecule has 146 valence electrons. The summed E-state index contributed by atoms with van der Waals surface area (Å²) in [7, 11) is 0. The number of halogens is 1. The lowest BCUT2D eigenvalue weighted by Crippen LogP contribution is -2.37. The number of benzene rings is 1. The number of hydrogen-bond donors (Lipinski definition) is 2. The molecule has 28 heavy (non-hydrogen) atoms. The molecule has 2 N–H and O–H groups in total. The third-order valence-electron chi connectivity index (χ3n) is 5.30. The first kappa shape index (κ1) is 17.8. The molecule has 5 atom stereocenters. The molecule has 8 nitrogen and oxygen atoms in total. The molecule has 1 fully saturated rings. The van der Waals surface area contributed by atoms with Crippen molar-refractivity contribution in [1.82, 2.24) is 14.5 Å². The lowest BCUT2D eigenvalue weighted by Gasteiger charge is -2.31. The molecule has 3 aromatic rings. The summed E-state index contributed by atoms with van der Waals surface area (Å²) in [5.41, 5.74) is 2.17. The number of ether oxygens (including phenoxy) is 3. The van der Waals surface area contributed by atoms with Gasteiger partial charge in [-0.2, -0.15) is 0 Å². The maximum Gasteiger partial charge on any atom is 0.189 e. The fraction of sp³-hybridized carbons (Fsp3) is 0.368. The van der Waals surface area contributed by atoms with Crippen molar-refractivity contribution in [2.45, 2.75) is 37.6 Å². The second kappa shape index (κ2) is 6.68. The zero-order chi connectivity index (χ0) is 19.4. The monoisotopic (exact) mass is 403 g/mol. The van der Waals surface area contributed by atoms with E-state index in [4.69, 9.17) is 25.8 Å². The Labute approximate surface area is 165 Å². The summed E-state index contributed by atoms with van der Waals surface area (Å²) in [4.78, 5) is 8.48. The highest BCUT2D eigenvalue weighted by atomic mass is 35.5. The predicted molar refractivity (Wildman–Crippen MR) is 99.0 cm³/mol. The first-order valence-corrected chi connectivity index (χ1v) is 9.26. The standard InChI is InChI=1S/C19H18ClN3O5/c1-9-11-4-5-23(18(11)22-7-21-9)19-15(25)14(24)17(28-19)16-12-3-2-10(20)6-13(12)26-8-27-16/h2-7,14-17,19,24-25H,8H2,1H3/t14-,15+,16+,17-,19+/m0/s1. The van der Waals surface area contributed by atoms with Gasteiger partial charge in [0, 0.05) is 22.2 Å². The summed E-state index contributed by atoms with van der Waals surface area (Å²) in [6.07, 6.45) is -1.28. The molecule has 2 aliphatic heterocycles. The molecule has 2 aromatic heterocycles. The number of rotatable bonds is 2. The summed E-state index contributed by atoms with van der Waals surface area (Å²) in [5.74, 6) is 0.576. The zero-order valence-electron chi connectivity index (χ0n) is 14.9. The number of nitrogens with zero attached hydrogens (tertiary/aromatic N) is 3. The van der Waals surface area contributed by atoms with Crippen LogP contribution in [0.4, 0.5) is 0 Å². The molecule has 0 unspecified atom stereocenters. The van der Waals surface area contributed by atoms with Crippen LogP contribution in [0.3, 0.4) is 0 Å². The molecule has 0 radical (unpaired) electrons. The van der Waals surface area contributed by atoms with Gasteiger partial charge in [-0.05, 0) is 25.1 Å². The van der Waals surface area contributed by atoms with Crippen LogP contribution in [0.1, 0.15) is 23.6 Å². The van der Waals surface area contributed by atoms with E-state index in [0.29, 0.717) is 22.0 Å². The van der Waals surface area contributed by atoms with Crippen LogP contribution in [0.2, 0.25) is 5.02 Å². The molecule has 0 amide bonds. The van der Waals surface area contributed by atoms with Gasteiger partial charge in [-0.3, -0.25) is 0 Å². The Hall–Kier alpha value is -2.23. The number of aryl methyl sites for hydroxylation is 1. The molecule has 2 aliphatic rings. The molecule has 4 heterocycles. The molecule has 0 aliphatic carbocycles. The highest BCUT2D eigenvalue weighted by Gasteiger charge is 2.49. The number of fused-ring (bicyclic) bond motifs is 2. The van der Waals surface area contributed by atoms with Crippen LogP contribution in [0.15, 0.2) is 36.8 Å². The molecule has 0 spiro atoms. The quantitative estimate of drug-likeness (QED) is 0.676. The second-order valence-electron chi connectivity index (χ2n) is 6.92. The van der Waals surface area contributed by atoms with Gasteiger partial charge in [0.25, 0.3) is 0 Å². The van der Waals surface area contributed by atoms with E-state index < -0.39 is 30.6 Å². The summed E-state index contributed by atoms with van der Waals surface area (Å²) in [6, 6.07) is 7.06. The molecule has 0 bridgehead atoms. The minimum absolute atomic E-state index is 0.00419. The van der Waals surface area contributed by atoms with Crippen LogP contribution in [0, 0.1) is 6.92 Å². The number of aromatic nitrogens is 3. The number of aliphatic hydroxyl groups excluding tert-OH is 2. The van der Waals surface area contributed by atoms with Crippen LogP contribution < -0.4 is 4.74 Å². The highest BCUT2D eigenvalue weighted by molar-refractivity contribution is 6.30. The summed E-state index contributed by atoms with van der Waals surface area (Å²) in [5, 5.41) is 22.8. The Bertz CT molecular complexity index is 1040. The van der Waals surface area contributed by atoms with Crippen LogP contribution in [-0.4, -0.2) is 49.9 Å². The molecule has 0 saturated carbocycles. The van der Waals surface area contributed by atoms with Gasteiger partial charge in [0.05, 0.1) is 5.69 Å². The van der Waals surface area contributed by atoms with E-state index in [0.717, 1.165) is 11.1 Å². The van der Waals surface area contributed by atoms with Crippen LogP contribution in [0.25, 0.3) is 11.0 Å². The van der Waals surface area contributed by atoms with Gasteiger partial charge in [-0.1, -0.05) is 17.7 Å². The molecule has 1 saturated heterocycles. The van der Waals surface area contributed by atoms with E-state index in [2.05, 4.69) is 9.97 Å². The molecular weight excluding hydrogens is 386 g/mol. The Balaban J connectivity index is 1.50. The maximum atomic E-state index is 10.7. The van der Waals surface area contributed by atoms with Gasteiger partial charge < -0.3 is 29.0 Å². The fourth-order valence-electron chi connectivity index (χ4n) is 3.87. The Kier molecular flexibility index (Phi) is 4.26. The third-order valence-corrected chi connectivity index (χ3v) is 5.54. The molecule has 5 rings (SSSR count). The van der Waals surface area contributed by atoms with Gasteiger partial charge in [0.15, 0.2) is 13.0 Å². The topological polar surface area (TPSA) is 98.9 Å². The Morgan fingerprint density at radius 1 is 1.18 bits per heavy atom. The van der Waals surface area contributed by atoms with Crippen molar-refractivity contribution in [2.24, 2.45) is 0 Å². The van der Waals surface area contributed by atoms with Gasteiger partial charge in [0.2, 0.25) is 0 Å². The SMILES string of the molecule is Cc1ncnc2c1ccn2[C@@H]1O[C@H]([C@@H]2OCOc3cc(Cl)ccc32)[C@@H](O)[C@H]1O. The lowest BCUT2D eigenvalue weighted by molar-refractivity contribution is -0.147. The van der Waals surface area contributed by atoms with Crippen molar-refractivity contribution in [2.75, 3.05) is 6.79 Å². The highest BCUT2D eigenvalue weighted by Crippen LogP contribution is 2.43. The minimum atomic E-state index is -1.16. The fourth-order valence-corrected chi connectivity index (χ4v) is 4.03. The van der Waals surface area contributed by atoms with Gasteiger partial charge >= 0.3 is 0 Å². The first-order chi connectivity index (χ1) is 13.5. The van der Waals surface area contributed by atoms with Crippen LogP contribution in [0.5, 0.6) is 5.75 Å². The normalized spacial score (nSPS) is 29.6. The van der Waals surface area contributed by atoms with E-state index in [9.17, 15) is 10.2 Å². The smallest absolute Gasteiger partial charge is 0.189 e. The van der Waals surface area contributed by atoms with E-state index >= 15 is 0 Å². The van der Waals surface area contributed by atoms with Gasteiger partial charge in [-0.15, -0.1) is 0 Å².